The second-order valence-electron chi connectivity index (χ2n) is 3.70. The summed E-state index contributed by atoms with van der Waals surface area (Å²) in [5.41, 5.74) is 0.846. The number of amides is 1. The molecule has 0 bridgehead atoms. The quantitative estimate of drug-likeness (QED) is 0.844. The summed E-state index contributed by atoms with van der Waals surface area (Å²) in [6, 6.07) is 5.18. The van der Waals surface area contributed by atoms with Gasteiger partial charge in [-0.05, 0) is 12.1 Å². The van der Waals surface area contributed by atoms with Crippen molar-refractivity contribution >= 4 is 11.4 Å². The fourth-order valence-electron chi connectivity index (χ4n) is 1.49. The van der Waals surface area contributed by atoms with Gasteiger partial charge in [-0.15, -0.1) is 0 Å². The van der Waals surface area contributed by atoms with E-state index in [1.165, 1.54) is 10.7 Å². The lowest BCUT2D eigenvalue weighted by molar-refractivity contribution is -0.00269. The maximum absolute atomic E-state index is 12.1. The van der Waals surface area contributed by atoms with E-state index < -0.39 is 25.0 Å². The number of rotatable bonds is 4. The van der Waals surface area contributed by atoms with Crippen LogP contribution < -0.4 is 5.32 Å². The van der Waals surface area contributed by atoms with E-state index in [4.69, 9.17) is 5.11 Å². The number of hydrogen-bond acceptors (Lipinski definition) is 3. The van der Waals surface area contributed by atoms with Crippen molar-refractivity contribution < 1.29 is 18.7 Å². The summed E-state index contributed by atoms with van der Waals surface area (Å²) < 4.78 is 25.6. The highest BCUT2D eigenvalue weighted by Crippen LogP contribution is 2.09. The van der Waals surface area contributed by atoms with Crippen LogP contribution in [-0.4, -0.2) is 39.7 Å². The summed E-state index contributed by atoms with van der Waals surface area (Å²) in [6.07, 6.45) is -1.73. The van der Waals surface area contributed by atoms with E-state index >= 15 is 0 Å². The van der Waals surface area contributed by atoms with Crippen LogP contribution in [0.3, 0.4) is 0 Å². The first-order valence-electron chi connectivity index (χ1n) is 5.26. The largest absolute Gasteiger partial charge is 0.385 e. The van der Waals surface area contributed by atoms with Gasteiger partial charge in [0.2, 0.25) is 0 Å². The molecule has 0 aromatic carbocycles. The molecule has 0 aliphatic rings. The van der Waals surface area contributed by atoms with Crippen molar-refractivity contribution in [2.24, 2.45) is 0 Å². The molecule has 7 heteroatoms. The number of halogens is 2. The van der Waals surface area contributed by atoms with E-state index in [1.807, 2.05) is 0 Å². The molecule has 2 aromatic rings. The van der Waals surface area contributed by atoms with Gasteiger partial charge in [-0.3, -0.25) is 4.79 Å². The van der Waals surface area contributed by atoms with Crippen molar-refractivity contribution in [3.05, 3.63) is 36.2 Å². The molecule has 96 valence electrons. The fraction of sp³-hybridized carbons (Fsp3) is 0.273. The third kappa shape index (κ3) is 2.45. The second-order valence-corrected chi connectivity index (χ2v) is 3.70. The number of hydrogen-bond donors (Lipinski definition) is 2. The first-order chi connectivity index (χ1) is 8.59. The average Bonchev–Trinajstić information content (AvgIpc) is 2.79. The zero-order valence-corrected chi connectivity index (χ0v) is 9.25. The smallest absolute Gasteiger partial charge is 0.265 e. The van der Waals surface area contributed by atoms with Gasteiger partial charge in [-0.2, -0.15) is 5.10 Å². The van der Waals surface area contributed by atoms with Crippen molar-refractivity contribution in [3.8, 4) is 0 Å². The Labute approximate surface area is 101 Å². The van der Waals surface area contributed by atoms with Crippen molar-refractivity contribution in [1.82, 2.24) is 14.9 Å². The Morgan fingerprint density at radius 3 is 3.00 bits per heavy atom. The lowest BCUT2D eigenvalue weighted by Crippen LogP contribution is -2.35. The van der Waals surface area contributed by atoms with Crippen molar-refractivity contribution in [1.29, 1.82) is 0 Å². The van der Waals surface area contributed by atoms with Crippen LogP contribution in [0.2, 0.25) is 0 Å². The molecule has 0 saturated carbocycles. The third-order valence-corrected chi connectivity index (χ3v) is 2.43. The molecule has 2 aromatic heterocycles. The van der Waals surface area contributed by atoms with Gasteiger partial charge < -0.3 is 10.4 Å². The van der Waals surface area contributed by atoms with Crippen LogP contribution in [0, 0.1) is 0 Å². The Bertz CT molecular complexity index is 556. The highest BCUT2D eigenvalue weighted by atomic mass is 19.3. The van der Waals surface area contributed by atoms with Crippen LogP contribution >= 0.6 is 0 Å². The van der Waals surface area contributed by atoms with Crippen molar-refractivity contribution in [2.45, 2.75) is 12.5 Å². The Hall–Kier alpha value is -2.02. The first-order valence-corrected chi connectivity index (χ1v) is 5.26. The molecule has 0 saturated heterocycles. The van der Waals surface area contributed by atoms with E-state index in [2.05, 4.69) is 10.4 Å². The molecule has 0 spiro atoms. The Morgan fingerprint density at radius 1 is 1.50 bits per heavy atom. The van der Waals surface area contributed by atoms with Gasteiger partial charge in [0.25, 0.3) is 12.3 Å². The summed E-state index contributed by atoms with van der Waals surface area (Å²) >= 11 is 0. The summed E-state index contributed by atoms with van der Waals surface area (Å²) in [4.78, 5) is 11.7. The molecule has 18 heavy (non-hydrogen) atoms. The van der Waals surface area contributed by atoms with Crippen LogP contribution in [0.1, 0.15) is 10.4 Å². The average molecular weight is 255 g/mol. The summed E-state index contributed by atoms with van der Waals surface area (Å²) in [7, 11) is 0. The highest BCUT2D eigenvalue weighted by Gasteiger charge is 2.19. The van der Waals surface area contributed by atoms with Gasteiger partial charge in [-0.1, -0.05) is 6.07 Å². The molecule has 2 N–H and O–H groups in total. The van der Waals surface area contributed by atoms with E-state index in [0.717, 1.165) is 0 Å². The predicted octanol–water partition coefficient (Wildman–Crippen LogP) is 0.690. The number of pyridine rings is 1. The van der Waals surface area contributed by atoms with Crippen LogP contribution in [0.5, 0.6) is 0 Å². The minimum absolute atomic E-state index is 0.275. The van der Waals surface area contributed by atoms with Gasteiger partial charge in [0, 0.05) is 12.7 Å². The number of carbonyl (C=O) groups excluding carboxylic acids is 1. The monoisotopic (exact) mass is 255 g/mol. The van der Waals surface area contributed by atoms with Gasteiger partial charge in [0.05, 0.1) is 17.3 Å². The first kappa shape index (κ1) is 12.4. The number of aliphatic hydroxyl groups excluding tert-OH is 1. The molecule has 0 fully saturated rings. The number of alkyl halides is 2. The van der Waals surface area contributed by atoms with Gasteiger partial charge in [0.1, 0.15) is 6.10 Å². The molecule has 2 rings (SSSR count). The standard InChI is InChI=1S/C11H11F2N3O2/c12-10(13)9(17)6-14-11(18)7-5-15-16-4-2-1-3-8(7)16/h1-5,9-10,17H,6H2,(H,14,18). The Kier molecular flexibility index (Phi) is 3.52. The number of aromatic nitrogens is 2. The lowest BCUT2D eigenvalue weighted by Gasteiger charge is -2.09. The summed E-state index contributed by atoms with van der Waals surface area (Å²) in [5, 5.41) is 15.1. The predicted molar refractivity (Wildman–Crippen MR) is 59.5 cm³/mol. The van der Waals surface area contributed by atoms with E-state index in [1.54, 1.807) is 24.4 Å². The molecule has 5 nitrogen and oxygen atoms in total. The van der Waals surface area contributed by atoms with Crippen LogP contribution in [0.25, 0.3) is 5.52 Å². The van der Waals surface area contributed by atoms with E-state index in [9.17, 15) is 13.6 Å². The minimum Gasteiger partial charge on any atom is -0.385 e. The van der Waals surface area contributed by atoms with Gasteiger partial charge in [-0.25, -0.2) is 13.3 Å². The number of nitrogens with one attached hydrogen (secondary N) is 1. The number of aliphatic hydroxyl groups is 1. The van der Waals surface area contributed by atoms with Gasteiger partial charge >= 0.3 is 0 Å². The molecule has 1 unspecified atom stereocenters. The molecular weight excluding hydrogens is 244 g/mol. The lowest BCUT2D eigenvalue weighted by atomic mass is 10.2. The number of fused-ring (bicyclic) bond motifs is 1. The van der Waals surface area contributed by atoms with Gasteiger partial charge in [0.15, 0.2) is 0 Å². The molecule has 1 atom stereocenters. The molecular formula is C11H11F2N3O2. The zero-order valence-electron chi connectivity index (χ0n) is 9.25. The van der Waals surface area contributed by atoms with Crippen molar-refractivity contribution in [3.63, 3.8) is 0 Å². The van der Waals surface area contributed by atoms with E-state index in [0.29, 0.717) is 5.52 Å². The third-order valence-electron chi connectivity index (χ3n) is 2.43. The Morgan fingerprint density at radius 2 is 2.28 bits per heavy atom. The van der Waals surface area contributed by atoms with Crippen molar-refractivity contribution in [2.75, 3.05) is 6.54 Å². The molecule has 0 aliphatic heterocycles. The minimum atomic E-state index is -2.88. The molecule has 2 heterocycles. The molecule has 0 radical (unpaired) electrons. The SMILES string of the molecule is O=C(NCC(O)C(F)F)c1cnn2ccccc12. The maximum atomic E-state index is 12.1. The zero-order chi connectivity index (χ0) is 13.1. The number of nitrogens with zero attached hydrogens (tertiary/aromatic N) is 2. The van der Waals surface area contributed by atoms with E-state index in [-0.39, 0.29) is 5.56 Å². The fourth-order valence-corrected chi connectivity index (χ4v) is 1.49. The normalized spacial score (nSPS) is 12.9. The highest BCUT2D eigenvalue weighted by molar-refractivity contribution is 6.00. The summed E-state index contributed by atoms with van der Waals surface area (Å²) in [6.45, 7) is -0.499. The summed E-state index contributed by atoms with van der Waals surface area (Å²) in [5.74, 6) is -0.545. The Balaban J connectivity index is 2.10. The second kappa shape index (κ2) is 5.09. The maximum Gasteiger partial charge on any atom is 0.265 e. The number of carbonyl (C=O) groups is 1. The topological polar surface area (TPSA) is 66.6 Å². The van der Waals surface area contributed by atoms with Crippen LogP contribution in [0.4, 0.5) is 8.78 Å². The van der Waals surface area contributed by atoms with Crippen LogP contribution in [-0.2, 0) is 0 Å². The molecule has 0 aliphatic carbocycles. The molecule has 1 amide bonds. The van der Waals surface area contributed by atoms with Crippen LogP contribution in [0.15, 0.2) is 30.6 Å².